The van der Waals surface area contributed by atoms with Crippen LogP contribution in [0.15, 0.2) is 36.8 Å². The first-order valence-electron chi connectivity index (χ1n) is 15.4. The lowest BCUT2D eigenvalue weighted by Crippen LogP contribution is -2.47. The Morgan fingerprint density at radius 2 is 1.38 bits per heavy atom. The van der Waals surface area contributed by atoms with E-state index in [0.29, 0.717) is 30.2 Å². The second-order valence-electron chi connectivity index (χ2n) is 15.1. The van der Waals surface area contributed by atoms with Crippen molar-refractivity contribution >= 4 is 0 Å². The van der Waals surface area contributed by atoms with Crippen LogP contribution in [0.4, 0.5) is 0 Å². The van der Waals surface area contributed by atoms with Gasteiger partial charge in [0.15, 0.2) is 0 Å². The van der Waals surface area contributed by atoms with Gasteiger partial charge < -0.3 is 16.0 Å². The average Bonchev–Trinajstić information content (AvgIpc) is 2.82. The molecule has 0 bridgehead atoms. The summed E-state index contributed by atoms with van der Waals surface area (Å²) in [6.07, 6.45) is 9.53. The van der Waals surface area contributed by atoms with Gasteiger partial charge in [-0.3, -0.25) is 0 Å². The summed E-state index contributed by atoms with van der Waals surface area (Å²) >= 11 is 0. The first-order chi connectivity index (χ1) is 17.7. The van der Waals surface area contributed by atoms with Crippen LogP contribution in [0.5, 0.6) is 0 Å². The fourth-order valence-corrected chi connectivity index (χ4v) is 6.44. The Hall–Kier alpha value is -1.82. The van der Waals surface area contributed by atoms with Crippen molar-refractivity contribution < 1.29 is 0 Å². The summed E-state index contributed by atoms with van der Waals surface area (Å²) in [7, 11) is 0. The molecule has 3 heteroatoms. The van der Waals surface area contributed by atoms with Crippen molar-refractivity contribution in [3.8, 4) is 12.3 Å². The van der Waals surface area contributed by atoms with Crippen LogP contribution < -0.4 is 16.0 Å². The maximum atomic E-state index is 5.38. The molecule has 0 aromatic carbocycles. The van der Waals surface area contributed by atoms with E-state index < -0.39 is 0 Å². The fraction of sp³-hybridized carbons (Fsp3) is 0.778. The lowest BCUT2D eigenvalue weighted by atomic mass is 9.54. The highest BCUT2D eigenvalue weighted by atomic mass is 14.9. The van der Waals surface area contributed by atoms with Crippen molar-refractivity contribution in [2.75, 3.05) is 19.6 Å². The standard InChI is InChI=1S/C36H67N3/c1-18-21-37-29(7)20-22-38-32(10)36(17,27(5)19-2)30(8)34(14,15)23-28(6)35(16,25-33(11,12)13)31(9)39-24-26(3)4/h1,26-28,30,37-39H,7,9-10,19-25H2,2-6,8,11-17H3. The van der Waals surface area contributed by atoms with Crippen molar-refractivity contribution in [3.63, 3.8) is 0 Å². The quantitative estimate of drug-likeness (QED) is 0.143. The lowest BCUT2D eigenvalue weighted by Gasteiger charge is -2.52. The zero-order chi connectivity index (χ0) is 30.8. The lowest BCUT2D eigenvalue weighted by molar-refractivity contribution is 0.0146. The zero-order valence-corrected chi connectivity index (χ0v) is 28.5. The second-order valence-corrected chi connectivity index (χ2v) is 15.1. The zero-order valence-electron chi connectivity index (χ0n) is 28.5. The van der Waals surface area contributed by atoms with Gasteiger partial charge in [-0.1, -0.05) is 122 Å². The first-order valence-corrected chi connectivity index (χ1v) is 15.4. The molecule has 0 saturated carbocycles. The normalized spacial score (nSPS) is 17.7. The van der Waals surface area contributed by atoms with Gasteiger partial charge in [-0.15, -0.1) is 6.42 Å². The Kier molecular flexibility index (Phi) is 14.5. The molecule has 3 nitrogen and oxygen atoms in total. The molecule has 0 aliphatic rings. The van der Waals surface area contributed by atoms with Gasteiger partial charge in [0, 0.05) is 47.4 Å². The third-order valence-corrected chi connectivity index (χ3v) is 9.79. The van der Waals surface area contributed by atoms with Crippen LogP contribution in [-0.2, 0) is 0 Å². The van der Waals surface area contributed by atoms with E-state index in [9.17, 15) is 0 Å². The molecular weight excluding hydrogens is 474 g/mol. The highest BCUT2D eigenvalue weighted by Gasteiger charge is 2.48. The fourth-order valence-electron chi connectivity index (χ4n) is 6.44. The molecule has 39 heavy (non-hydrogen) atoms. The molecule has 3 N–H and O–H groups in total. The molecule has 226 valence electrons. The molecule has 0 rings (SSSR count). The summed E-state index contributed by atoms with van der Waals surface area (Å²) in [6, 6.07) is 0. The van der Waals surface area contributed by atoms with Crippen molar-refractivity contribution in [1.82, 2.24) is 16.0 Å². The highest BCUT2D eigenvalue weighted by Crippen LogP contribution is 2.54. The summed E-state index contributed by atoms with van der Waals surface area (Å²) in [4.78, 5) is 0. The molecule has 0 fully saturated rings. The average molecular weight is 542 g/mol. The maximum Gasteiger partial charge on any atom is 0.0760 e. The van der Waals surface area contributed by atoms with Gasteiger partial charge in [-0.25, -0.2) is 0 Å². The van der Waals surface area contributed by atoms with E-state index in [1.165, 1.54) is 5.70 Å². The predicted molar refractivity (Wildman–Crippen MR) is 176 cm³/mol. The van der Waals surface area contributed by atoms with Crippen LogP contribution >= 0.6 is 0 Å². The van der Waals surface area contributed by atoms with Gasteiger partial charge in [0.25, 0.3) is 0 Å². The van der Waals surface area contributed by atoms with Crippen LogP contribution in [0.25, 0.3) is 0 Å². The Morgan fingerprint density at radius 1 is 0.821 bits per heavy atom. The van der Waals surface area contributed by atoms with Gasteiger partial charge in [0.2, 0.25) is 0 Å². The molecular formula is C36H67N3. The maximum absolute atomic E-state index is 5.38. The van der Waals surface area contributed by atoms with E-state index in [1.807, 2.05) is 0 Å². The molecule has 0 heterocycles. The molecule has 0 saturated heterocycles. The van der Waals surface area contributed by atoms with Crippen molar-refractivity contribution in [2.45, 2.75) is 116 Å². The van der Waals surface area contributed by atoms with Crippen LogP contribution in [0.2, 0.25) is 0 Å². The molecule has 0 radical (unpaired) electrons. The van der Waals surface area contributed by atoms with E-state index in [2.05, 4.69) is 132 Å². The summed E-state index contributed by atoms with van der Waals surface area (Å²) < 4.78 is 0. The number of terminal acetylenes is 1. The highest BCUT2D eigenvalue weighted by molar-refractivity contribution is 5.15. The number of rotatable bonds is 19. The SMILES string of the molecule is C#CCNC(=C)CCNC(=C)C(C)(C(C)CC)C(C)C(C)(C)CC(C)C(C)(CC(C)(C)C)C(=C)NCC(C)C. The summed E-state index contributed by atoms with van der Waals surface area (Å²) in [5.74, 6) is 4.58. The second kappa shape index (κ2) is 15.3. The molecule has 0 amide bonds. The van der Waals surface area contributed by atoms with E-state index >= 15 is 0 Å². The molecule has 0 aliphatic heterocycles. The van der Waals surface area contributed by atoms with Crippen molar-refractivity contribution in [1.29, 1.82) is 0 Å². The molecule has 0 aromatic rings. The van der Waals surface area contributed by atoms with E-state index in [0.717, 1.165) is 50.2 Å². The first kappa shape index (κ1) is 37.2. The minimum absolute atomic E-state index is 0.00207. The van der Waals surface area contributed by atoms with Crippen LogP contribution in [0.1, 0.15) is 116 Å². The Morgan fingerprint density at radius 3 is 1.85 bits per heavy atom. The Balaban J connectivity index is 6.00. The Labute approximate surface area is 245 Å². The molecule has 5 atom stereocenters. The minimum Gasteiger partial charge on any atom is -0.388 e. The summed E-state index contributed by atoms with van der Waals surface area (Å²) in [5.41, 5.74) is 3.54. The summed E-state index contributed by atoms with van der Waals surface area (Å²) in [6.45, 7) is 46.6. The van der Waals surface area contributed by atoms with Crippen LogP contribution in [0.3, 0.4) is 0 Å². The predicted octanol–water partition coefficient (Wildman–Crippen LogP) is 9.16. The number of hydrogen-bond acceptors (Lipinski definition) is 3. The third kappa shape index (κ3) is 10.9. The van der Waals surface area contributed by atoms with Gasteiger partial charge in [-0.05, 0) is 47.3 Å². The molecule has 0 spiro atoms. The van der Waals surface area contributed by atoms with Crippen molar-refractivity contribution in [2.24, 2.45) is 45.3 Å². The third-order valence-electron chi connectivity index (χ3n) is 9.79. The van der Waals surface area contributed by atoms with Gasteiger partial charge in [0.05, 0.1) is 6.54 Å². The Bertz CT molecular complexity index is 836. The number of nitrogens with one attached hydrogen (secondary N) is 3. The minimum atomic E-state index is -0.0567. The van der Waals surface area contributed by atoms with Crippen LogP contribution in [0, 0.1) is 57.7 Å². The van der Waals surface area contributed by atoms with Gasteiger partial charge in [-0.2, -0.15) is 0 Å². The van der Waals surface area contributed by atoms with Crippen molar-refractivity contribution in [3.05, 3.63) is 36.8 Å². The topological polar surface area (TPSA) is 36.1 Å². The number of allylic oxidation sites excluding steroid dienone is 2. The smallest absolute Gasteiger partial charge is 0.0760 e. The monoisotopic (exact) mass is 542 g/mol. The van der Waals surface area contributed by atoms with Crippen LogP contribution in [-0.4, -0.2) is 19.6 Å². The van der Waals surface area contributed by atoms with E-state index in [-0.39, 0.29) is 21.7 Å². The molecule has 0 aromatic heterocycles. The molecule has 0 aliphatic carbocycles. The summed E-state index contributed by atoms with van der Waals surface area (Å²) in [5, 5.41) is 10.6. The van der Waals surface area contributed by atoms with Gasteiger partial charge >= 0.3 is 0 Å². The van der Waals surface area contributed by atoms with E-state index in [4.69, 9.17) is 6.42 Å². The van der Waals surface area contributed by atoms with Gasteiger partial charge in [0.1, 0.15) is 0 Å². The van der Waals surface area contributed by atoms with E-state index in [1.54, 1.807) is 0 Å². The largest absolute Gasteiger partial charge is 0.388 e. The molecule has 5 unspecified atom stereocenters. The number of hydrogen-bond donors (Lipinski definition) is 3.